The summed E-state index contributed by atoms with van der Waals surface area (Å²) >= 11 is 6.02. The Hall–Kier alpha value is -1.94. The van der Waals surface area contributed by atoms with Crippen LogP contribution in [0.1, 0.15) is 26.4 Å². The number of esters is 2. The minimum Gasteiger partial charge on any atom is -0.386 e. The molecule has 1 aliphatic heterocycles. The Bertz CT molecular complexity index is 694. The first kappa shape index (κ1) is 10.2. The number of para-hydroxylation sites is 1. The van der Waals surface area contributed by atoms with Crippen molar-refractivity contribution in [2.45, 2.75) is 6.92 Å². The molecule has 0 spiro atoms. The number of aromatic nitrogens is 1. The number of halogens is 1. The van der Waals surface area contributed by atoms with Crippen molar-refractivity contribution in [2.24, 2.45) is 0 Å². The van der Waals surface area contributed by atoms with E-state index >= 15 is 0 Å². The van der Waals surface area contributed by atoms with Crippen LogP contribution >= 0.6 is 11.6 Å². The quantitative estimate of drug-likeness (QED) is 0.530. The van der Waals surface area contributed by atoms with E-state index in [0.717, 1.165) is 0 Å². The van der Waals surface area contributed by atoms with E-state index < -0.39 is 11.9 Å². The molecule has 0 unspecified atom stereocenters. The highest BCUT2D eigenvalue weighted by Crippen LogP contribution is 2.32. The second-order valence-corrected chi connectivity index (χ2v) is 4.17. The fourth-order valence-electron chi connectivity index (χ4n) is 2.02. The van der Waals surface area contributed by atoms with Crippen LogP contribution in [-0.2, 0) is 4.74 Å². The third-order valence-corrected chi connectivity index (χ3v) is 3.05. The number of fused-ring (bicyclic) bond motifs is 3. The summed E-state index contributed by atoms with van der Waals surface area (Å²) in [7, 11) is 0. The maximum atomic E-state index is 11.6. The largest absolute Gasteiger partial charge is 0.386 e. The van der Waals surface area contributed by atoms with E-state index in [-0.39, 0.29) is 11.1 Å². The second-order valence-electron chi connectivity index (χ2n) is 3.76. The first-order valence-corrected chi connectivity index (χ1v) is 5.32. The van der Waals surface area contributed by atoms with Gasteiger partial charge in [-0.25, -0.2) is 9.59 Å². The number of benzene rings is 1. The first-order chi connectivity index (χ1) is 8.09. The number of hydrogen-bond donors (Lipinski definition) is 0. The molecule has 3 rings (SSSR count). The maximum Gasteiger partial charge on any atom is 0.348 e. The minimum absolute atomic E-state index is 0.241. The molecular weight excluding hydrogens is 242 g/mol. The zero-order valence-electron chi connectivity index (χ0n) is 8.78. The van der Waals surface area contributed by atoms with Gasteiger partial charge in [0.1, 0.15) is 0 Å². The van der Waals surface area contributed by atoms with Gasteiger partial charge in [-0.1, -0.05) is 23.7 Å². The summed E-state index contributed by atoms with van der Waals surface area (Å²) in [5.41, 5.74) is 1.47. The summed E-state index contributed by atoms with van der Waals surface area (Å²) < 4.78 is 4.60. The number of ether oxygens (including phenoxy) is 1. The van der Waals surface area contributed by atoms with Crippen LogP contribution in [0.2, 0.25) is 5.02 Å². The van der Waals surface area contributed by atoms with E-state index in [1.165, 1.54) is 0 Å². The molecule has 0 amide bonds. The van der Waals surface area contributed by atoms with Crippen LogP contribution in [0.25, 0.3) is 10.9 Å². The molecule has 0 radical (unpaired) electrons. The van der Waals surface area contributed by atoms with Crippen LogP contribution in [-0.4, -0.2) is 16.9 Å². The molecule has 4 nitrogen and oxygen atoms in total. The highest BCUT2D eigenvalue weighted by Gasteiger charge is 2.34. The van der Waals surface area contributed by atoms with Gasteiger partial charge in [0.05, 0.1) is 27.4 Å². The predicted molar refractivity (Wildman–Crippen MR) is 61.2 cm³/mol. The zero-order valence-corrected chi connectivity index (χ0v) is 9.54. The standard InChI is InChI=1S/C12H6ClNO3/c1-5-8-9(12(16)17-11(8)15)6-3-2-4-7(13)10(6)14-5/h2-4H,1H3. The van der Waals surface area contributed by atoms with Gasteiger partial charge in [-0.15, -0.1) is 0 Å². The molecule has 0 aliphatic carbocycles. The average Bonchev–Trinajstić information content (AvgIpc) is 2.57. The van der Waals surface area contributed by atoms with Crippen molar-refractivity contribution in [3.63, 3.8) is 0 Å². The van der Waals surface area contributed by atoms with E-state index in [9.17, 15) is 9.59 Å². The van der Waals surface area contributed by atoms with E-state index in [1.54, 1.807) is 25.1 Å². The summed E-state index contributed by atoms with van der Waals surface area (Å²) in [4.78, 5) is 27.4. The first-order valence-electron chi connectivity index (χ1n) is 4.95. The highest BCUT2D eigenvalue weighted by molar-refractivity contribution is 6.36. The Kier molecular flexibility index (Phi) is 1.97. The summed E-state index contributed by atoms with van der Waals surface area (Å²) in [5, 5.41) is 0.995. The molecule has 0 bridgehead atoms. The van der Waals surface area contributed by atoms with Crippen LogP contribution in [0.3, 0.4) is 0 Å². The summed E-state index contributed by atoms with van der Waals surface area (Å²) in [6.07, 6.45) is 0. The Morgan fingerprint density at radius 2 is 1.88 bits per heavy atom. The van der Waals surface area contributed by atoms with Crippen LogP contribution in [0.4, 0.5) is 0 Å². The van der Waals surface area contributed by atoms with Crippen LogP contribution in [0.15, 0.2) is 18.2 Å². The molecule has 1 aromatic heterocycles. The number of carbonyl (C=O) groups is 2. The van der Waals surface area contributed by atoms with Gasteiger partial charge in [0, 0.05) is 5.39 Å². The third kappa shape index (κ3) is 1.27. The van der Waals surface area contributed by atoms with Crippen molar-refractivity contribution in [2.75, 3.05) is 0 Å². The molecule has 0 saturated heterocycles. The molecule has 17 heavy (non-hydrogen) atoms. The molecule has 0 N–H and O–H groups in total. The molecule has 1 aliphatic rings. The van der Waals surface area contributed by atoms with Crippen LogP contribution in [0, 0.1) is 6.92 Å². The highest BCUT2D eigenvalue weighted by atomic mass is 35.5. The van der Waals surface area contributed by atoms with Gasteiger partial charge in [0.2, 0.25) is 0 Å². The van der Waals surface area contributed by atoms with Gasteiger partial charge in [-0.3, -0.25) is 4.98 Å². The van der Waals surface area contributed by atoms with Crippen molar-refractivity contribution in [1.29, 1.82) is 0 Å². The Morgan fingerprint density at radius 3 is 2.65 bits per heavy atom. The SMILES string of the molecule is Cc1nc2c(Cl)cccc2c2c1C(=O)OC2=O. The molecule has 0 fully saturated rings. The van der Waals surface area contributed by atoms with Crippen molar-refractivity contribution in [3.05, 3.63) is 40.0 Å². The third-order valence-electron chi connectivity index (χ3n) is 2.74. The summed E-state index contributed by atoms with van der Waals surface area (Å²) in [6, 6.07) is 5.09. The van der Waals surface area contributed by atoms with Gasteiger partial charge in [-0.05, 0) is 13.0 Å². The fraction of sp³-hybridized carbons (Fsp3) is 0.0833. The Morgan fingerprint density at radius 1 is 1.18 bits per heavy atom. The second kappa shape index (κ2) is 3.28. The fourth-order valence-corrected chi connectivity index (χ4v) is 2.23. The molecule has 0 saturated carbocycles. The van der Waals surface area contributed by atoms with Gasteiger partial charge in [0.15, 0.2) is 0 Å². The lowest BCUT2D eigenvalue weighted by atomic mass is 10.0. The van der Waals surface area contributed by atoms with Crippen molar-refractivity contribution >= 4 is 34.4 Å². The van der Waals surface area contributed by atoms with Crippen LogP contribution < -0.4 is 0 Å². The zero-order chi connectivity index (χ0) is 12.2. The number of nitrogens with zero attached hydrogens (tertiary/aromatic N) is 1. The number of rotatable bonds is 0. The number of carbonyl (C=O) groups excluding carboxylic acids is 2. The number of pyridine rings is 1. The molecular formula is C12H6ClNO3. The lowest BCUT2D eigenvalue weighted by Gasteiger charge is -2.04. The maximum absolute atomic E-state index is 11.6. The topological polar surface area (TPSA) is 56.3 Å². The predicted octanol–water partition coefficient (Wildman–Crippen LogP) is 2.51. The Balaban J connectivity index is 2.56. The lowest BCUT2D eigenvalue weighted by molar-refractivity contribution is 0.0444. The van der Waals surface area contributed by atoms with Crippen molar-refractivity contribution in [1.82, 2.24) is 4.98 Å². The molecule has 0 atom stereocenters. The van der Waals surface area contributed by atoms with Crippen molar-refractivity contribution < 1.29 is 14.3 Å². The van der Waals surface area contributed by atoms with E-state index in [0.29, 0.717) is 21.6 Å². The smallest absolute Gasteiger partial charge is 0.348 e. The molecule has 5 heteroatoms. The molecule has 2 aromatic rings. The summed E-state index contributed by atoms with van der Waals surface area (Å²) in [5.74, 6) is -1.28. The lowest BCUT2D eigenvalue weighted by Crippen LogP contribution is -2.00. The Labute approximate surface area is 101 Å². The van der Waals surface area contributed by atoms with Gasteiger partial charge < -0.3 is 4.74 Å². The van der Waals surface area contributed by atoms with Gasteiger partial charge >= 0.3 is 11.9 Å². The number of hydrogen-bond acceptors (Lipinski definition) is 4. The van der Waals surface area contributed by atoms with Crippen molar-refractivity contribution in [3.8, 4) is 0 Å². The molecule has 2 heterocycles. The van der Waals surface area contributed by atoms with Gasteiger partial charge in [-0.2, -0.15) is 0 Å². The summed E-state index contributed by atoms with van der Waals surface area (Å²) in [6.45, 7) is 1.65. The number of cyclic esters (lactones) is 2. The number of aryl methyl sites for hydroxylation is 1. The van der Waals surface area contributed by atoms with E-state index in [1.807, 2.05) is 0 Å². The minimum atomic E-state index is -0.642. The van der Waals surface area contributed by atoms with Gasteiger partial charge in [0.25, 0.3) is 0 Å². The van der Waals surface area contributed by atoms with Crippen LogP contribution in [0.5, 0.6) is 0 Å². The monoisotopic (exact) mass is 247 g/mol. The molecule has 84 valence electrons. The molecule has 1 aromatic carbocycles. The van der Waals surface area contributed by atoms with E-state index in [4.69, 9.17) is 11.6 Å². The normalized spacial score (nSPS) is 14.0. The van der Waals surface area contributed by atoms with E-state index in [2.05, 4.69) is 9.72 Å². The average molecular weight is 248 g/mol.